The van der Waals surface area contributed by atoms with Crippen molar-refractivity contribution in [3.63, 3.8) is 0 Å². The third-order valence-electron chi connectivity index (χ3n) is 3.88. The standard InChI is InChI=1S/C20H22O4/c1-14-6-7-15(12-19(14)23)4-2-3-5-17(21)10-8-16-9-11-18(22)20(24)13-16/h3,5-7,9,11-13,22-24H,2,4,8,10H2,1H3/b5-3+. The number of rotatable bonds is 7. The maximum Gasteiger partial charge on any atom is 0.157 e. The number of phenols is 3. The van der Waals surface area contributed by atoms with Gasteiger partial charge in [-0.05, 0) is 67.2 Å². The molecule has 0 aliphatic heterocycles. The number of ketones is 1. The van der Waals surface area contributed by atoms with Gasteiger partial charge in [-0.1, -0.05) is 24.3 Å². The fraction of sp³-hybridized carbons (Fsp3) is 0.250. The Hall–Kier alpha value is -2.75. The van der Waals surface area contributed by atoms with E-state index in [0.29, 0.717) is 18.6 Å². The Kier molecular flexibility index (Phi) is 6.01. The maximum atomic E-state index is 11.8. The largest absolute Gasteiger partial charge is 0.508 e. The fourth-order valence-electron chi connectivity index (χ4n) is 2.35. The summed E-state index contributed by atoms with van der Waals surface area (Å²) in [6, 6.07) is 10.2. The molecule has 3 N–H and O–H groups in total. The lowest BCUT2D eigenvalue weighted by molar-refractivity contribution is -0.114. The lowest BCUT2D eigenvalue weighted by Gasteiger charge is -2.03. The van der Waals surface area contributed by atoms with E-state index in [1.165, 1.54) is 12.1 Å². The Labute approximate surface area is 141 Å². The highest BCUT2D eigenvalue weighted by Crippen LogP contribution is 2.25. The Bertz CT molecular complexity index is 747. The van der Waals surface area contributed by atoms with E-state index in [9.17, 15) is 20.1 Å². The first-order valence-corrected chi connectivity index (χ1v) is 7.94. The second-order valence-electron chi connectivity index (χ2n) is 5.85. The molecule has 0 amide bonds. The molecular formula is C20H22O4. The quantitative estimate of drug-likeness (QED) is 0.534. The van der Waals surface area contributed by atoms with Crippen molar-refractivity contribution in [3.8, 4) is 17.2 Å². The molecule has 0 unspecified atom stereocenters. The van der Waals surface area contributed by atoms with E-state index < -0.39 is 0 Å². The lowest BCUT2D eigenvalue weighted by Crippen LogP contribution is -1.96. The molecule has 0 atom stereocenters. The topological polar surface area (TPSA) is 77.8 Å². The second kappa shape index (κ2) is 8.20. The van der Waals surface area contributed by atoms with E-state index >= 15 is 0 Å². The van der Waals surface area contributed by atoms with Crippen molar-refractivity contribution in [2.75, 3.05) is 0 Å². The molecule has 0 saturated heterocycles. The average Bonchev–Trinajstić information content (AvgIpc) is 2.56. The van der Waals surface area contributed by atoms with Crippen molar-refractivity contribution < 1.29 is 20.1 Å². The van der Waals surface area contributed by atoms with Crippen molar-refractivity contribution >= 4 is 5.78 Å². The van der Waals surface area contributed by atoms with Crippen LogP contribution in [0.5, 0.6) is 17.2 Å². The van der Waals surface area contributed by atoms with Gasteiger partial charge in [0, 0.05) is 6.42 Å². The summed E-state index contributed by atoms with van der Waals surface area (Å²) in [6.07, 6.45) is 5.79. The molecule has 0 fully saturated rings. The van der Waals surface area contributed by atoms with E-state index in [1.807, 2.05) is 25.1 Å². The number of allylic oxidation sites excluding steroid dienone is 2. The van der Waals surface area contributed by atoms with E-state index in [4.69, 9.17) is 0 Å². The van der Waals surface area contributed by atoms with Crippen LogP contribution < -0.4 is 0 Å². The Morgan fingerprint density at radius 2 is 1.58 bits per heavy atom. The molecule has 4 nitrogen and oxygen atoms in total. The first-order chi connectivity index (χ1) is 11.5. The second-order valence-corrected chi connectivity index (χ2v) is 5.85. The summed E-state index contributed by atoms with van der Waals surface area (Å²) < 4.78 is 0. The van der Waals surface area contributed by atoms with Gasteiger partial charge in [-0.2, -0.15) is 0 Å². The zero-order chi connectivity index (χ0) is 17.5. The maximum absolute atomic E-state index is 11.8. The molecule has 0 saturated carbocycles. The highest BCUT2D eigenvalue weighted by Gasteiger charge is 2.03. The first kappa shape index (κ1) is 17.6. The minimum absolute atomic E-state index is 0.0225. The van der Waals surface area contributed by atoms with Crippen LogP contribution in [-0.4, -0.2) is 21.1 Å². The van der Waals surface area contributed by atoms with Crippen LogP contribution >= 0.6 is 0 Å². The van der Waals surface area contributed by atoms with E-state index in [-0.39, 0.29) is 17.3 Å². The Balaban J connectivity index is 1.76. The molecule has 0 aromatic heterocycles. The van der Waals surface area contributed by atoms with Crippen LogP contribution in [0.1, 0.15) is 29.5 Å². The van der Waals surface area contributed by atoms with Crippen molar-refractivity contribution in [3.05, 3.63) is 65.2 Å². The fourth-order valence-corrected chi connectivity index (χ4v) is 2.35. The number of aryl methyl sites for hydroxylation is 3. The summed E-state index contributed by atoms with van der Waals surface area (Å²) in [7, 11) is 0. The molecule has 24 heavy (non-hydrogen) atoms. The molecule has 2 aromatic carbocycles. The molecule has 0 radical (unpaired) electrons. The van der Waals surface area contributed by atoms with Gasteiger partial charge in [0.1, 0.15) is 5.75 Å². The number of hydrogen-bond acceptors (Lipinski definition) is 4. The van der Waals surface area contributed by atoms with Gasteiger partial charge in [-0.3, -0.25) is 4.79 Å². The number of hydrogen-bond donors (Lipinski definition) is 3. The number of carbonyl (C=O) groups is 1. The summed E-state index contributed by atoms with van der Waals surface area (Å²) in [4.78, 5) is 11.8. The Morgan fingerprint density at radius 3 is 2.29 bits per heavy atom. The van der Waals surface area contributed by atoms with E-state index in [2.05, 4.69) is 0 Å². The van der Waals surface area contributed by atoms with Gasteiger partial charge in [0.15, 0.2) is 17.3 Å². The van der Waals surface area contributed by atoms with Crippen LogP contribution in [0.4, 0.5) is 0 Å². The molecule has 4 heteroatoms. The van der Waals surface area contributed by atoms with Crippen molar-refractivity contribution in [1.82, 2.24) is 0 Å². The van der Waals surface area contributed by atoms with Gasteiger partial charge >= 0.3 is 0 Å². The monoisotopic (exact) mass is 326 g/mol. The van der Waals surface area contributed by atoms with Crippen LogP contribution in [0.25, 0.3) is 0 Å². The minimum atomic E-state index is -0.170. The number of carbonyl (C=O) groups excluding carboxylic acids is 1. The zero-order valence-corrected chi connectivity index (χ0v) is 13.7. The van der Waals surface area contributed by atoms with Gasteiger partial charge < -0.3 is 15.3 Å². The summed E-state index contributed by atoms with van der Waals surface area (Å²) >= 11 is 0. The highest BCUT2D eigenvalue weighted by atomic mass is 16.3. The van der Waals surface area contributed by atoms with Crippen LogP contribution in [0.15, 0.2) is 48.6 Å². The smallest absolute Gasteiger partial charge is 0.157 e. The van der Waals surface area contributed by atoms with Gasteiger partial charge in [0.25, 0.3) is 0 Å². The summed E-state index contributed by atoms with van der Waals surface area (Å²) in [5.74, 6) is -0.0111. The first-order valence-electron chi connectivity index (χ1n) is 7.94. The van der Waals surface area contributed by atoms with Gasteiger partial charge in [0.2, 0.25) is 0 Å². The van der Waals surface area contributed by atoms with E-state index in [1.54, 1.807) is 18.2 Å². The number of benzene rings is 2. The molecular weight excluding hydrogens is 304 g/mol. The summed E-state index contributed by atoms with van der Waals surface area (Å²) in [5, 5.41) is 28.3. The average molecular weight is 326 g/mol. The van der Waals surface area contributed by atoms with Crippen LogP contribution in [0.3, 0.4) is 0 Å². The van der Waals surface area contributed by atoms with Crippen LogP contribution in [-0.2, 0) is 17.6 Å². The van der Waals surface area contributed by atoms with Crippen LogP contribution in [0, 0.1) is 6.92 Å². The number of phenolic OH excluding ortho intramolecular Hbond substituents is 3. The molecule has 2 aromatic rings. The zero-order valence-electron chi connectivity index (χ0n) is 13.7. The number of aromatic hydroxyl groups is 3. The summed E-state index contributed by atoms with van der Waals surface area (Å²) in [6.45, 7) is 1.85. The Morgan fingerprint density at radius 1 is 0.917 bits per heavy atom. The van der Waals surface area contributed by atoms with Gasteiger partial charge in [-0.15, -0.1) is 0 Å². The van der Waals surface area contributed by atoms with Crippen LogP contribution in [0.2, 0.25) is 0 Å². The molecule has 0 spiro atoms. The van der Waals surface area contributed by atoms with Crippen molar-refractivity contribution in [2.24, 2.45) is 0 Å². The lowest BCUT2D eigenvalue weighted by atomic mass is 10.0. The SMILES string of the molecule is Cc1ccc(CC/C=C/C(=O)CCc2ccc(O)c(O)c2)cc1O. The molecule has 0 aliphatic carbocycles. The molecule has 2 rings (SSSR count). The molecule has 0 heterocycles. The predicted molar refractivity (Wildman–Crippen MR) is 93.4 cm³/mol. The van der Waals surface area contributed by atoms with Crippen molar-refractivity contribution in [1.29, 1.82) is 0 Å². The highest BCUT2D eigenvalue weighted by molar-refractivity contribution is 5.89. The molecule has 0 aliphatic rings. The normalized spacial score (nSPS) is 11.0. The minimum Gasteiger partial charge on any atom is -0.508 e. The third kappa shape index (κ3) is 5.16. The van der Waals surface area contributed by atoms with Gasteiger partial charge in [0.05, 0.1) is 0 Å². The summed E-state index contributed by atoms with van der Waals surface area (Å²) in [5.41, 5.74) is 2.70. The predicted octanol–water partition coefficient (Wildman–Crippen LogP) is 3.80. The van der Waals surface area contributed by atoms with Gasteiger partial charge in [-0.25, -0.2) is 0 Å². The molecule has 126 valence electrons. The molecule has 0 bridgehead atoms. The van der Waals surface area contributed by atoms with E-state index in [0.717, 1.165) is 29.5 Å². The third-order valence-corrected chi connectivity index (χ3v) is 3.88. The van der Waals surface area contributed by atoms with Crippen molar-refractivity contribution in [2.45, 2.75) is 32.6 Å².